The van der Waals surface area contributed by atoms with Crippen LogP contribution in [0.4, 0.5) is 0 Å². The van der Waals surface area contributed by atoms with Gasteiger partial charge >= 0.3 is 11.9 Å². The molecule has 0 aliphatic heterocycles. The highest BCUT2D eigenvalue weighted by molar-refractivity contribution is 5.74. The van der Waals surface area contributed by atoms with Gasteiger partial charge in [0.25, 0.3) is 0 Å². The molecule has 4 nitrogen and oxygen atoms in total. The summed E-state index contributed by atoms with van der Waals surface area (Å²) in [5.41, 5.74) is 0.0766. The van der Waals surface area contributed by atoms with Gasteiger partial charge < -0.3 is 10.2 Å². The van der Waals surface area contributed by atoms with Crippen molar-refractivity contribution < 1.29 is 19.8 Å². The first-order chi connectivity index (χ1) is 8.83. The van der Waals surface area contributed by atoms with E-state index in [0.29, 0.717) is 19.3 Å². The first kappa shape index (κ1) is 15.2. The van der Waals surface area contributed by atoms with Crippen molar-refractivity contribution in [3.63, 3.8) is 0 Å². The van der Waals surface area contributed by atoms with Crippen molar-refractivity contribution in [2.75, 3.05) is 0 Å². The number of benzene rings is 1. The second kappa shape index (κ2) is 6.36. The van der Waals surface area contributed by atoms with E-state index in [4.69, 9.17) is 5.11 Å². The minimum absolute atomic E-state index is 0.353. The Morgan fingerprint density at radius 3 is 2.21 bits per heavy atom. The molecule has 0 aliphatic carbocycles. The van der Waals surface area contributed by atoms with E-state index in [0.717, 1.165) is 5.56 Å². The fraction of sp³-hybridized carbons (Fsp3) is 0.467. The third kappa shape index (κ3) is 4.73. The Morgan fingerprint density at radius 1 is 1.16 bits per heavy atom. The Morgan fingerprint density at radius 2 is 1.74 bits per heavy atom. The number of hydrogen-bond acceptors (Lipinski definition) is 2. The summed E-state index contributed by atoms with van der Waals surface area (Å²) in [5, 5.41) is 18.3. The summed E-state index contributed by atoms with van der Waals surface area (Å²) >= 11 is 0. The summed E-state index contributed by atoms with van der Waals surface area (Å²) in [6, 6.07) is 9.40. The Bertz CT molecular complexity index is 437. The van der Waals surface area contributed by atoms with Crippen LogP contribution in [0.15, 0.2) is 30.3 Å². The predicted octanol–water partition coefficient (Wildman–Crippen LogP) is 2.82. The SMILES string of the molecule is CC(C)(CCC(Cc1ccccc1)C(=O)O)C(=O)O. The van der Waals surface area contributed by atoms with Crippen molar-refractivity contribution in [1.29, 1.82) is 0 Å². The average molecular weight is 264 g/mol. The number of rotatable bonds is 7. The van der Waals surface area contributed by atoms with Crippen LogP contribution in [-0.4, -0.2) is 22.2 Å². The zero-order valence-corrected chi connectivity index (χ0v) is 11.3. The van der Waals surface area contributed by atoms with Gasteiger partial charge in [0.15, 0.2) is 0 Å². The van der Waals surface area contributed by atoms with Crippen molar-refractivity contribution >= 4 is 11.9 Å². The molecule has 0 aliphatic rings. The highest BCUT2D eigenvalue weighted by Crippen LogP contribution is 2.26. The van der Waals surface area contributed by atoms with Gasteiger partial charge in [-0.3, -0.25) is 9.59 Å². The van der Waals surface area contributed by atoms with Gasteiger partial charge in [0, 0.05) is 0 Å². The van der Waals surface area contributed by atoms with Crippen molar-refractivity contribution in [2.45, 2.75) is 33.1 Å². The Hall–Kier alpha value is -1.84. The van der Waals surface area contributed by atoms with Gasteiger partial charge in [-0.1, -0.05) is 30.3 Å². The standard InChI is InChI=1S/C15H20O4/c1-15(2,14(18)19)9-8-12(13(16)17)10-11-6-4-3-5-7-11/h3-7,12H,8-10H2,1-2H3,(H,16,17)(H,18,19). The summed E-state index contributed by atoms with van der Waals surface area (Å²) in [5.74, 6) is -2.30. The lowest BCUT2D eigenvalue weighted by molar-refractivity contribution is -0.149. The largest absolute Gasteiger partial charge is 0.481 e. The van der Waals surface area contributed by atoms with Gasteiger partial charge in [-0.25, -0.2) is 0 Å². The molecule has 104 valence electrons. The van der Waals surface area contributed by atoms with Gasteiger partial charge in [0.2, 0.25) is 0 Å². The average Bonchev–Trinajstić information content (AvgIpc) is 2.35. The maximum absolute atomic E-state index is 11.2. The van der Waals surface area contributed by atoms with Crippen LogP contribution in [0.2, 0.25) is 0 Å². The lowest BCUT2D eigenvalue weighted by Crippen LogP contribution is -2.26. The summed E-state index contributed by atoms with van der Waals surface area (Å²) < 4.78 is 0. The number of aliphatic carboxylic acids is 2. The lowest BCUT2D eigenvalue weighted by atomic mass is 9.83. The van der Waals surface area contributed by atoms with Crippen LogP contribution < -0.4 is 0 Å². The third-order valence-electron chi connectivity index (χ3n) is 3.37. The molecule has 4 heteroatoms. The molecule has 0 saturated heterocycles. The van der Waals surface area contributed by atoms with Gasteiger partial charge in [-0.2, -0.15) is 0 Å². The quantitative estimate of drug-likeness (QED) is 0.794. The second-order valence-corrected chi connectivity index (χ2v) is 5.45. The topological polar surface area (TPSA) is 74.6 Å². The van der Waals surface area contributed by atoms with Gasteiger partial charge in [0.1, 0.15) is 0 Å². The zero-order valence-electron chi connectivity index (χ0n) is 11.3. The van der Waals surface area contributed by atoms with Crippen LogP contribution >= 0.6 is 0 Å². The van der Waals surface area contributed by atoms with Crippen molar-refractivity contribution in [3.8, 4) is 0 Å². The monoisotopic (exact) mass is 264 g/mol. The molecule has 1 aromatic rings. The smallest absolute Gasteiger partial charge is 0.309 e. The Labute approximate surface area is 113 Å². The van der Waals surface area contributed by atoms with Crippen molar-refractivity contribution in [1.82, 2.24) is 0 Å². The molecule has 0 bridgehead atoms. The highest BCUT2D eigenvalue weighted by atomic mass is 16.4. The first-order valence-electron chi connectivity index (χ1n) is 6.33. The van der Waals surface area contributed by atoms with E-state index in [-0.39, 0.29) is 0 Å². The maximum atomic E-state index is 11.2. The Kier molecular flexibility index (Phi) is 5.10. The molecule has 1 atom stereocenters. The molecule has 0 aromatic heterocycles. The summed E-state index contributed by atoms with van der Waals surface area (Å²) in [6.07, 6.45) is 1.15. The van der Waals surface area contributed by atoms with E-state index in [1.165, 1.54) is 0 Å². The van der Waals surface area contributed by atoms with E-state index in [1.54, 1.807) is 13.8 Å². The van der Waals surface area contributed by atoms with Crippen LogP contribution in [-0.2, 0) is 16.0 Å². The van der Waals surface area contributed by atoms with Gasteiger partial charge in [0.05, 0.1) is 11.3 Å². The fourth-order valence-corrected chi connectivity index (χ4v) is 1.85. The van der Waals surface area contributed by atoms with Crippen molar-refractivity contribution in [2.24, 2.45) is 11.3 Å². The van der Waals surface area contributed by atoms with Crippen molar-refractivity contribution in [3.05, 3.63) is 35.9 Å². The molecule has 1 rings (SSSR count). The summed E-state index contributed by atoms with van der Waals surface area (Å²) in [7, 11) is 0. The van der Waals surface area contributed by atoms with E-state index in [9.17, 15) is 14.7 Å². The van der Waals surface area contributed by atoms with Crippen LogP contribution in [0.1, 0.15) is 32.3 Å². The fourth-order valence-electron chi connectivity index (χ4n) is 1.85. The minimum atomic E-state index is -0.892. The maximum Gasteiger partial charge on any atom is 0.309 e. The van der Waals surface area contributed by atoms with Gasteiger partial charge in [-0.15, -0.1) is 0 Å². The molecule has 0 spiro atoms. The number of carboxylic acids is 2. The van der Waals surface area contributed by atoms with Crippen LogP contribution in [0.5, 0.6) is 0 Å². The van der Waals surface area contributed by atoms with Crippen LogP contribution in [0, 0.1) is 11.3 Å². The van der Waals surface area contributed by atoms with Crippen LogP contribution in [0.3, 0.4) is 0 Å². The van der Waals surface area contributed by atoms with Gasteiger partial charge in [-0.05, 0) is 38.7 Å². The number of carbonyl (C=O) groups is 2. The van der Waals surface area contributed by atoms with E-state index >= 15 is 0 Å². The van der Waals surface area contributed by atoms with E-state index in [1.807, 2.05) is 30.3 Å². The molecule has 19 heavy (non-hydrogen) atoms. The number of carboxylic acid groups (broad SMARTS) is 2. The molecular formula is C15H20O4. The zero-order chi connectivity index (χ0) is 14.5. The normalized spacial score (nSPS) is 12.9. The molecule has 0 fully saturated rings. The molecule has 1 aromatic carbocycles. The molecule has 0 amide bonds. The molecule has 1 unspecified atom stereocenters. The van der Waals surface area contributed by atoms with E-state index < -0.39 is 23.3 Å². The first-order valence-corrected chi connectivity index (χ1v) is 6.33. The molecule has 0 radical (unpaired) electrons. The van der Waals surface area contributed by atoms with E-state index in [2.05, 4.69) is 0 Å². The molecule has 0 saturated carbocycles. The highest BCUT2D eigenvalue weighted by Gasteiger charge is 2.29. The molecule has 2 N–H and O–H groups in total. The third-order valence-corrected chi connectivity index (χ3v) is 3.37. The molecule has 0 heterocycles. The summed E-state index contributed by atoms with van der Waals surface area (Å²) in [6.45, 7) is 3.24. The van der Waals surface area contributed by atoms with Crippen LogP contribution in [0.25, 0.3) is 0 Å². The summed E-state index contributed by atoms with van der Waals surface area (Å²) in [4.78, 5) is 22.3. The lowest BCUT2D eigenvalue weighted by Gasteiger charge is -2.21. The number of hydrogen-bond donors (Lipinski definition) is 2. The molecular weight excluding hydrogens is 244 g/mol. The second-order valence-electron chi connectivity index (χ2n) is 5.45. The Balaban J connectivity index is 2.65. The minimum Gasteiger partial charge on any atom is -0.481 e. The predicted molar refractivity (Wildman–Crippen MR) is 71.9 cm³/mol.